The van der Waals surface area contributed by atoms with E-state index in [4.69, 9.17) is 5.11 Å². The third kappa shape index (κ3) is 7.12. The number of aliphatic carboxylic acids is 1. The van der Waals surface area contributed by atoms with Gasteiger partial charge in [0.25, 0.3) is 0 Å². The van der Waals surface area contributed by atoms with Crippen LogP contribution in [0, 0.1) is 6.92 Å². The fraction of sp³-hybridized carbons (Fsp3) is 0.550. The van der Waals surface area contributed by atoms with Gasteiger partial charge in [0, 0.05) is 30.2 Å². The number of aryl methyl sites for hydroxylation is 3. The Hall–Kier alpha value is -1.95. The molecule has 1 N–H and O–H groups in total. The van der Waals surface area contributed by atoms with Crippen molar-refractivity contribution in [1.29, 1.82) is 0 Å². The Morgan fingerprint density at radius 1 is 1.08 bits per heavy atom. The smallest absolute Gasteiger partial charge is 0.303 e. The van der Waals surface area contributed by atoms with E-state index in [1.807, 2.05) is 31.5 Å². The van der Waals surface area contributed by atoms with Crippen LogP contribution in [0.25, 0.3) is 0 Å². The lowest BCUT2D eigenvalue weighted by Gasteiger charge is -2.05. The monoisotopic (exact) mass is 376 g/mol. The minimum absolute atomic E-state index is 0.0585. The number of aromatic nitrogens is 2. The SMILES string of the molecule is Cc1nccn1CCCCCCCCc1ccc(C(=O)CCC(=O)O)s1. The normalized spacial score (nSPS) is 11.0. The van der Waals surface area contributed by atoms with Gasteiger partial charge in [-0.05, 0) is 38.3 Å². The van der Waals surface area contributed by atoms with Gasteiger partial charge in [0.05, 0.1) is 11.3 Å². The zero-order chi connectivity index (χ0) is 18.8. The molecule has 0 fully saturated rings. The van der Waals surface area contributed by atoms with Gasteiger partial charge < -0.3 is 9.67 Å². The van der Waals surface area contributed by atoms with Crippen LogP contribution in [-0.2, 0) is 17.8 Å². The number of hydrogen-bond acceptors (Lipinski definition) is 4. The van der Waals surface area contributed by atoms with Crippen molar-refractivity contribution in [2.24, 2.45) is 0 Å². The maximum Gasteiger partial charge on any atom is 0.303 e. The quantitative estimate of drug-likeness (QED) is 0.399. The van der Waals surface area contributed by atoms with Crippen molar-refractivity contribution >= 4 is 23.1 Å². The van der Waals surface area contributed by atoms with Gasteiger partial charge in [0.2, 0.25) is 0 Å². The van der Waals surface area contributed by atoms with E-state index in [-0.39, 0.29) is 18.6 Å². The van der Waals surface area contributed by atoms with Crippen LogP contribution >= 0.6 is 11.3 Å². The summed E-state index contributed by atoms with van der Waals surface area (Å²) in [6.07, 6.45) is 12.2. The molecule has 0 spiro atoms. The summed E-state index contributed by atoms with van der Waals surface area (Å²) in [4.78, 5) is 28.6. The average Bonchev–Trinajstić information content (AvgIpc) is 3.24. The van der Waals surface area contributed by atoms with Crippen LogP contribution in [0.4, 0.5) is 0 Å². The van der Waals surface area contributed by atoms with Crippen LogP contribution < -0.4 is 0 Å². The molecular formula is C20H28N2O3S. The summed E-state index contributed by atoms with van der Waals surface area (Å²) in [7, 11) is 0. The molecule has 0 radical (unpaired) electrons. The Morgan fingerprint density at radius 2 is 1.81 bits per heavy atom. The second-order valence-electron chi connectivity index (χ2n) is 6.62. The lowest BCUT2D eigenvalue weighted by atomic mass is 10.1. The maximum absolute atomic E-state index is 11.9. The van der Waals surface area contributed by atoms with Crippen molar-refractivity contribution in [3.05, 3.63) is 40.1 Å². The predicted octanol–water partition coefficient (Wildman–Crippen LogP) is 4.88. The molecule has 2 heterocycles. The molecule has 0 bridgehead atoms. The van der Waals surface area contributed by atoms with E-state index in [0.29, 0.717) is 4.88 Å². The Kier molecular flexibility index (Phi) is 8.54. The molecule has 0 aliphatic rings. The molecule has 2 aromatic rings. The zero-order valence-electron chi connectivity index (χ0n) is 15.4. The average molecular weight is 377 g/mol. The van der Waals surface area contributed by atoms with E-state index < -0.39 is 5.97 Å². The van der Waals surface area contributed by atoms with Crippen LogP contribution in [-0.4, -0.2) is 26.4 Å². The third-order valence-corrected chi connectivity index (χ3v) is 5.68. The largest absolute Gasteiger partial charge is 0.481 e. The molecule has 0 atom stereocenters. The molecule has 142 valence electrons. The second kappa shape index (κ2) is 10.9. The molecule has 0 aliphatic carbocycles. The second-order valence-corrected chi connectivity index (χ2v) is 7.79. The van der Waals surface area contributed by atoms with Gasteiger partial charge >= 0.3 is 5.97 Å². The minimum Gasteiger partial charge on any atom is -0.481 e. The van der Waals surface area contributed by atoms with Crippen LogP contribution in [0.15, 0.2) is 24.5 Å². The summed E-state index contributed by atoms with van der Waals surface area (Å²) in [5.41, 5.74) is 0. The molecule has 0 amide bonds. The van der Waals surface area contributed by atoms with Crippen molar-refractivity contribution in [2.45, 2.75) is 71.3 Å². The lowest BCUT2D eigenvalue weighted by Crippen LogP contribution is -2.01. The highest BCUT2D eigenvalue weighted by Crippen LogP contribution is 2.21. The number of carbonyl (C=O) groups is 2. The predicted molar refractivity (Wildman–Crippen MR) is 104 cm³/mol. The lowest BCUT2D eigenvalue weighted by molar-refractivity contribution is -0.136. The fourth-order valence-corrected chi connectivity index (χ4v) is 3.95. The van der Waals surface area contributed by atoms with Gasteiger partial charge in [-0.2, -0.15) is 0 Å². The molecule has 26 heavy (non-hydrogen) atoms. The van der Waals surface area contributed by atoms with Crippen LogP contribution in [0.3, 0.4) is 0 Å². The van der Waals surface area contributed by atoms with Crippen molar-refractivity contribution in [3.63, 3.8) is 0 Å². The van der Waals surface area contributed by atoms with Crippen LogP contribution in [0.5, 0.6) is 0 Å². The van der Waals surface area contributed by atoms with E-state index >= 15 is 0 Å². The number of nitrogens with zero attached hydrogens (tertiary/aromatic N) is 2. The number of carbonyl (C=O) groups excluding carboxylic acids is 1. The van der Waals surface area contributed by atoms with E-state index in [0.717, 1.165) is 25.2 Å². The molecule has 0 aromatic carbocycles. The summed E-state index contributed by atoms with van der Waals surface area (Å²) in [6.45, 7) is 3.09. The Morgan fingerprint density at radius 3 is 2.50 bits per heavy atom. The van der Waals surface area contributed by atoms with Crippen molar-refractivity contribution in [2.75, 3.05) is 0 Å². The van der Waals surface area contributed by atoms with Crippen molar-refractivity contribution in [1.82, 2.24) is 9.55 Å². The van der Waals surface area contributed by atoms with E-state index in [1.54, 1.807) is 0 Å². The first-order valence-corrected chi connectivity index (χ1v) is 10.2. The molecule has 2 aromatic heterocycles. The summed E-state index contributed by atoms with van der Waals surface area (Å²) >= 11 is 1.51. The molecule has 6 heteroatoms. The van der Waals surface area contributed by atoms with Gasteiger partial charge in [-0.15, -0.1) is 11.3 Å². The van der Waals surface area contributed by atoms with Crippen LogP contribution in [0.1, 0.15) is 71.7 Å². The molecule has 2 rings (SSSR count). The van der Waals surface area contributed by atoms with Crippen LogP contribution in [0.2, 0.25) is 0 Å². The number of thiophene rings is 1. The van der Waals surface area contributed by atoms with Gasteiger partial charge in [-0.3, -0.25) is 9.59 Å². The fourth-order valence-electron chi connectivity index (χ4n) is 2.93. The summed E-state index contributed by atoms with van der Waals surface area (Å²) in [5.74, 6) is 0.105. The van der Waals surface area contributed by atoms with E-state index in [2.05, 4.69) is 9.55 Å². The minimum atomic E-state index is -0.921. The number of unbranched alkanes of at least 4 members (excludes halogenated alkanes) is 5. The highest BCUT2D eigenvalue weighted by Gasteiger charge is 2.11. The van der Waals surface area contributed by atoms with Crippen molar-refractivity contribution in [3.8, 4) is 0 Å². The standard InChI is InChI=1S/C20H28N2O3S/c1-16-21-13-15-22(16)14-7-5-3-2-4-6-8-17-9-11-19(26-17)18(23)10-12-20(24)25/h9,11,13,15H,2-8,10,12,14H2,1H3,(H,24,25). The first-order chi connectivity index (χ1) is 12.6. The highest BCUT2D eigenvalue weighted by atomic mass is 32.1. The van der Waals surface area contributed by atoms with E-state index in [1.165, 1.54) is 48.3 Å². The molecule has 0 saturated heterocycles. The van der Waals surface area contributed by atoms with Gasteiger partial charge in [-0.25, -0.2) is 4.98 Å². The highest BCUT2D eigenvalue weighted by molar-refractivity contribution is 7.14. The van der Waals surface area contributed by atoms with Gasteiger partial charge in [0.1, 0.15) is 5.82 Å². The number of Topliss-reactive ketones (excluding diaryl/α,β-unsaturated/α-hetero) is 1. The molecule has 0 saturated carbocycles. The van der Waals surface area contributed by atoms with Gasteiger partial charge in [0.15, 0.2) is 5.78 Å². The third-order valence-electron chi connectivity index (χ3n) is 4.50. The Labute approximate surface area is 159 Å². The number of rotatable bonds is 13. The maximum atomic E-state index is 11.9. The molecule has 0 aliphatic heterocycles. The van der Waals surface area contributed by atoms with Gasteiger partial charge in [-0.1, -0.05) is 25.7 Å². The topological polar surface area (TPSA) is 72.2 Å². The zero-order valence-corrected chi connectivity index (χ0v) is 16.3. The van der Waals surface area contributed by atoms with Crippen molar-refractivity contribution < 1.29 is 14.7 Å². The summed E-state index contributed by atoms with van der Waals surface area (Å²) in [6, 6.07) is 3.84. The summed E-state index contributed by atoms with van der Waals surface area (Å²) < 4.78 is 2.20. The molecule has 5 nitrogen and oxygen atoms in total. The first kappa shape index (κ1) is 20.4. The Balaban J connectivity index is 1.52. The Bertz CT molecular complexity index is 705. The number of hydrogen-bond donors (Lipinski definition) is 1. The van der Waals surface area contributed by atoms with E-state index in [9.17, 15) is 9.59 Å². The molecule has 0 unspecified atom stereocenters. The first-order valence-electron chi connectivity index (χ1n) is 9.37. The number of carboxylic acid groups (broad SMARTS) is 1. The number of ketones is 1. The number of carboxylic acids is 1. The number of imidazole rings is 1. The summed E-state index contributed by atoms with van der Waals surface area (Å²) in [5, 5.41) is 8.64. The molecular weight excluding hydrogens is 348 g/mol.